The predicted octanol–water partition coefficient (Wildman–Crippen LogP) is 3.42. The van der Waals surface area contributed by atoms with Crippen LogP contribution in [0.25, 0.3) is 0 Å². The topological polar surface area (TPSA) is 56.4 Å². The molecule has 0 spiro atoms. The lowest BCUT2D eigenvalue weighted by Crippen LogP contribution is -2.42. The van der Waals surface area contributed by atoms with E-state index in [0.717, 1.165) is 37.9 Å². The van der Waals surface area contributed by atoms with Gasteiger partial charge in [-0.2, -0.15) is 0 Å². The second kappa shape index (κ2) is 8.19. The first kappa shape index (κ1) is 18.1. The summed E-state index contributed by atoms with van der Waals surface area (Å²) in [6, 6.07) is 2.85. The van der Waals surface area contributed by atoms with Crippen molar-refractivity contribution < 1.29 is 4.79 Å². The van der Waals surface area contributed by atoms with Crippen molar-refractivity contribution in [2.45, 2.75) is 63.8 Å². The Morgan fingerprint density at radius 1 is 1.12 bits per heavy atom. The summed E-state index contributed by atoms with van der Waals surface area (Å²) >= 11 is 1.30. The van der Waals surface area contributed by atoms with E-state index in [1.807, 2.05) is 0 Å². The molecule has 1 aliphatic heterocycles. The van der Waals surface area contributed by atoms with E-state index < -0.39 is 0 Å². The predicted molar refractivity (Wildman–Crippen MR) is 109 cm³/mol. The number of likely N-dealkylation sites (N-methyl/N-ethyl adjacent to an activating group) is 1. The molecule has 1 aromatic rings. The van der Waals surface area contributed by atoms with E-state index in [2.05, 4.69) is 32.8 Å². The summed E-state index contributed by atoms with van der Waals surface area (Å²) in [4.78, 5) is 14.8. The zero-order valence-corrected chi connectivity index (χ0v) is 16.5. The molecule has 26 heavy (non-hydrogen) atoms. The number of carbonyl (C=O) groups excluding carboxylic acids is 1. The normalized spacial score (nSPS) is 22.1. The first-order valence-electron chi connectivity index (χ1n) is 10.0. The molecular formula is C20H30N4OS. The molecule has 3 aliphatic rings. The number of aryl methyl sites for hydroxylation is 2. The monoisotopic (exact) mass is 374 g/mol. The highest BCUT2D eigenvalue weighted by Gasteiger charge is 2.25. The van der Waals surface area contributed by atoms with Gasteiger partial charge in [-0.05, 0) is 87.2 Å². The van der Waals surface area contributed by atoms with Gasteiger partial charge in [0.05, 0.1) is 0 Å². The Hall–Kier alpha value is -1.24. The highest BCUT2D eigenvalue weighted by atomic mass is 32.2. The Morgan fingerprint density at radius 3 is 2.54 bits per heavy atom. The SMILES string of the molecule is CN1CCCCC1CNSNC(=O)Nc1c2c(cc3c1CCC3)CCC2. The quantitative estimate of drug-likeness (QED) is 0.546. The minimum absolute atomic E-state index is 0.117. The van der Waals surface area contributed by atoms with Crippen LogP contribution in [0.5, 0.6) is 0 Å². The Kier molecular flexibility index (Phi) is 5.72. The van der Waals surface area contributed by atoms with Gasteiger partial charge in [0, 0.05) is 30.4 Å². The van der Waals surface area contributed by atoms with E-state index in [0.29, 0.717) is 6.04 Å². The van der Waals surface area contributed by atoms with Crippen LogP contribution in [0.3, 0.4) is 0 Å². The van der Waals surface area contributed by atoms with Crippen molar-refractivity contribution in [1.29, 1.82) is 0 Å². The molecule has 142 valence electrons. The minimum Gasteiger partial charge on any atom is -0.307 e. The molecule has 0 bridgehead atoms. The molecule has 1 saturated heterocycles. The molecule has 5 nitrogen and oxygen atoms in total. The smallest absolute Gasteiger partial charge is 0.307 e. The number of nitrogens with zero attached hydrogens (tertiary/aromatic N) is 1. The highest BCUT2D eigenvalue weighted by Crippen LogP contribution is 2.38. The zero-order chi connectivity index (χ0) is 17.9. The molecule has 1 aromatic carbocycles. The number of anilines is 1. The molecule has 0 aromatic heterocycles. The maximum atomic E-state index is 12.4. The number of likely N-dealkylation sites (tertiary alicyclic amines) is 1. The van der Waals surface area contributed by atoms with Crippen LogP contribution < -0.4 is 14.8 Å². The summed E-state index contributed by atoms with van der Waals surface area (Å²) in [5.74, 6) is 0. The number of amides is 2. The Morgan fingerprint density at radius 2 is 1.85 bits per heavy atom. The van der Waals surface area contributed by atoms with Gasteiger partial charge in [0.25, 0.3) is 0 Å². The van der Waals surface area contributed by atoms with Crippen molar-refractivity contribution in [2.75, 3.05) is 25.5 Å². The lowest BCUT2D eigenvalue weighted by Gasteiger charge is -2.32. The summed E-state index contributed by atoms with van der Waals surface area (Å²) in [6.07, 6.45) is 10.8. The van der Waals surface area contributed by atoms with E-state index in [-0.39, 0.29) is 6.03 Å². The molecule has 1 atom stereocenters. The molecule has 2 amide bonds. The van der Waals surface area contributed by atoms with Crippen LogP contribution in [0.2, 0.25) is 0 Å². The molecular weight excluding hydrogens is 344 g/mol. The average Bonchev–Trinajstić information content (AvgIpc) is 3.29. The van der Waals surface area contributed by atoms with Crippen LogP contribution in [0, 0.1) is 0 Å². The Bertz CT molecular complexity index is 646. The lowest BCUT2D eigenvalue weighted by molar-refractivity contribution is 0.188. The van der Waals surface area contributed by atoms with Gasteiger partial charge < -0.3 is 10.2 Å². The Labute approximate surface area is 160 Å². The van der Waals surface area contributed by atoms with Crippen LogP contribution in [0.4, 0.5) is 10.5 Å². The molecule has 1 heterocycles. The number of urea groups is 1. The van der Waals surface area contributed by atoms with Gasteiger partial charge >= 0.3 is 6.03 Å². The number of rotatable bonds is 5. The summed E-state index contributed by atoms with van der Waals surface area (Å²) in [7, 11) is 2.19. The second-order valence-electron chi connectivity index (χ2n) is 7.87. The first-order chi connectivity index (χ1) is 12.7. The molecule has 1 fully saturated rings. The minimum atomic E-state index is -0.117. The summed E-state index contributed by atoms with van der Waals surface area (Å²) in [5, 5.41) is 3.17. The number of carbonyl (C=O) groups is 1. The summed E-state index contributed by atoms with van der Waals surface area (Å²) < 4.78 is 6.21. The second-order valence-corrected chi connectivity index (χ2v) is 8.57. The largest absolute Gasteiger partial charge is 0.330 e. The molecule has 1 unspecified atom stereocenters. The molecule has 0 radical (unpaired) electrons. The Balaban J connectivity index is 1.30. The van der Waals surface area contributed by atoms with Gasteiger partial charge in [-0.25, -0.2) is 9.52 Å². The van der Waals surface area contributed by atoms with Gasteiger partial charge in [-0.1, -0.05) is 12.5 Å². The van der Waals surface area contributed by atoms with E-state index >= 15 is 0 Å². The number of fused-ring (bicyclic) bond motifs is 2. The fourth-order valence-corrected chi connectivity index (χ4v) is 5.22. The van der Waals surface area contributed by atoms with Gasteiger partial charge in [0.2, 0.25) is 0 Å². The third kappa shape index (κ3) is 3.87. The maximum absolute atomic E-state index is 12.4. The summed E-state index contributed by atoms with van der Waals surface area (Å²) in [5.41, 5.74) is 6.77. The van der Waals surface area contributed by atoms with E-state index in [4.69, 9.17) is 0 Å². The van der Waals surface area contributed by atoms with Crippen LogP contribution >= 0.6 is 12.1 Å². The maximum Gasteiger partial charge on any atom is 0.330 e. The van der Waals surface area contributed by atoms with Gasteiger partial charge in [0.15, 0.2) is 0 Å². The van der Waals surface area contributed by atoms with Crippen LogP contribution in [0.1, 0.15) is 54.4 Å². The number of benzene rings is 1. The van der Waals surface area contributed by atoms with Crippen molar-refractivity contribution in [2.24, 2.45) is 0 Å². The summed E-state index contributed by atoms with van der Waals surface area (Å²) in [6.45, 7) is 2.08. The fourth-order valence-electron chi connectivity index (χ4n) is 4.73. The first-order valence-corrected chi connectivity index (χ1v) is 10.9. The molecule has 2 aliphatic carbocycles. The van der Waals surface area contributed by atoms with Crippen molar-refractivity contribution in [1.82, 2.24) is 14.3 Å². The number of hydrogen-bond donors (Lipinski definition) is 3. The van der Waals surface area contributed by atoms with Crippen LogP contribution in [-0.2, 0) is 25.7 Å². The van der Waals surface area contributed by atoms with Crippen LogP contribution in [-0.4, -0.2) is 37.1 Å². The third-order valence-electron chi connectivity index (χ3n) is 6.17. The number of hydrogen-bond acceptors (Lipinski definition) is 4. The number of piperidine rings is 1. The average molecular weight is 375 g/mol. The fraction of sp³-hybridized carbons (Fsp3) is 0.650. The van der Waals surface area contributed by atoms with Crippen molar-refractivity contribution in [3.05, 3.63) is 28.3 Å². The van der Waals surface area contributed by atoms with Gasteiger partial charge in [-0.3, -0.25) is 4.72 Å². The molecule has 0 saturated carbocycles. The highest BCUT2D eigenvalue weighted by molar-refractivity contribution is 7.96. The van der Waals surface area contributed by atoms with E-state index in [1.54, 1.807) is 0 Å². The van der Waals surface area contributed by atoms with Crippen molar-refractivity contribution in [3.8, 4) is 0 Å². The molecule has 4 rings (SSSR count). The molecule has 6 heteroatoms. The third-order valence-corrected chi connectivity index (χ3v) is 6.77. The van der Waals surface area contributed by atoms with Crippen LogP contribution in [0.15, 0.2) is 6.07 Å². The van der Waals surface area contributed by atoms with Gasteiger partial charge in [-0.15, -0.1) is 0 Å². The van der Waals surface area contributed by atoms with E-state index in [1.165, 1.54) is 73.0 Å². The number of nitrogens with one attached hydrogen (secondary N) is 3. The molecule has 3 N–H and O–H groups in total. The standard InChI is InChI=1S/C20H30N4OS/c1-24-11-3-2-8-16(24)13-21-26-23-20(25)22-19-17-9-4-6-14(17)12-15-7-5-10-18(15)19/h12,16,21H,2-11,13H2,1H3,(H2,22,23,25). The van der Waals surface area contributed by atoms with E-state index in [9.17, 15) is 4.79 Å². The van der Waals surface area contributed by atoms with Gasteiger partial charge in [0.1, 0.15) is 0 Å². The van der Waals surface area contributed by atoms with Crippen molar-refractivity contribution in [3.63, 3.8) is 0 Å². The zero-order valence-electron chi connectivity index (χ0n) is 15.7. The lowest BCUT2D eigenvalue weighted by atomic mass is 9.99. The van der Waals surface area contributed by atoms with Crippen molar-refractivity contribution >= 4 is 23.9 Å².